The lowest BCUT2D eigenvalue weighted by atomic mass is 9.89. The van der Waals surface area contributed by atoms with Gasteiger partial charge in [-0.25, -0.2) is 0 Å². The third-order valence-electron chi connectivity index (χ3n) is 4.65. The minimum Gasteiger partial charge on any atom is -0.388 e. The second-order valence-electron chi connectivity index (χ2n) is 6.52. The van der Waals surface area contributed by atoms with Gasteiger partial charge in [0.05, 0.1) is 11.7 Å². The maximum absolute atomic E-state index is 12.4. The Morgan fingerprint density at radius 2 is 1.87 bits per heavy atom. The topological polar surface area (TPSA) is 105 Å². The van der Waals surface area contributed by atoms with Gasteiger partial charge in [0.15, 0.2) is 5.34 Å². The SMILES string of the molecule is [B][C@@H]1O[C@H](CC(C)(CC)OP(=O)(O)C(C)(O)CC)[C@@H](O)[C@H]1OC. The second kappa shape index (κ2) is 7.52. The summed E-state index contributed by atoms with van der Waals surface area (Å²) in [5.41, 5.74) is -1.07. The summed E-state index contributed by atoms with van der Waals surface area (Å²) in [6, 6.07) is -0.777. The maximum atomic E-state index is 12.4. The van der Waals surface area contributed by atoms with Crippen LogP contribution < -0.4 is 0 Å². The number of rotatable bonds is 8. The van der Waals surface area contributed by atoms with Crippen molar-refractivity contribution in [2.24, 2.45) is 0 Å². The highest BCUT2D eigenvalue weighted by molar-refractivity contribution is 7.54. The molecule has 7 atom stereocenters. The van der Waals surface area contributed by atoms with Gasteiger partial charge < -0.3 is 29.1 Å². The molecule has 23 heavy (non-hydrogen) atoms. The van der Waals surface area contributed by atoms with Gasteiger partial charge in [-0.05, 0) is 26.7 Å². The van der Waals surface area contributed by atoms with Crippen LogP contribution in [0, 0.1) is 0 Å². The molecule has 0 aliphatic carbocycles. The van der Waals surface area contributed by atoms with Crippen molar-refractivity contribution >= 4 is 15.4 Å². The molecule has 1 rings (SSSR count). The summed E-state index contributed by atoms with van der Waals surface area (Å²) >= 11 is 0. The molecular formula is C14H28BO7P. The highest BCUT2D eigenvalue weighted by Crippen LogP contribution is 2.59. The molecule has 0 amide bonds. The quantitative estimate of drug-likeness (QED) is 0.445. The Balaban J connectivity index is 2.89. The fraction of sp³-hybridized carbons (Fsp3) is 1.00. The fourth-order valence-electron chi connectivity index (χ4n) is 2.48. The molecule has 1 fully saturated rings. The molecule has 0 aromatic carbocycles. The van der Waals surface area contributed by atoms with E-state index in [4.69, 9.17) is 21.8 Å². The molecule has 0 spiro atoms. The minimum absolute atomic E-state index is 0.0692. The van der Waals surface area contributed by atoms with Crippen LogP contribution in [-0.2, 0) is 18.6 Å². The Morgan fingerprint density at radius 1 is 1.30 bits per heavy atom. The van der Waals surface area contributed by atoms with Gasteiger partial charge in [-0.3, -0.25) is 4.57 Å². The molecule has 1 aliphatic heterocycles. The Bertz CT molecular complexity index is 447. The highest BCUT2D eigenvalue weighted by Gasteiger charge is 2.49. The molecule has 1 saturated heterocycles. The van der Waals surface area contributed by atoms with Crippen molar-refractivity contribution in [3.8, 4) is 0 Å². The van der Waals surface area contributed by atoms with Crippen LogP contribution in [0.4, 0.5) is 0 Å². The fourth-order valence-corrected chi connectivity index (χ4v) is 3.87. The smallest absolute Gasteiger partial charge is 0.359 e. The lowest BCUT2D eigenvalue weighted by Gasteiger charge is -2.37. The van der Waals surface area contributed by atoms with Crippen LogP contribution in [0.3, 0.4) is 0 Å². The average Bonchev–Trinajstić information content (AvgIpc) is 2.71. The van der Waals surface area contributed by atoms with Gasteiger partial charge in [-0.15, -0.1) is 0 Å². The summed E-state index contributed by atoms with van der Waals surface area (Å²) in [5.74, 6) is 0. The molecule has 134 valence electrons. The highest BCUT2D eigenvalue weighted by atomic mass is 31.2. The van der Waals surface area contributed by atoms with E-state index in [0.29, 0.717) is 6.42 Å². The number of ether oxygens (including phenoxy) is 2. The summed E-state index contributed by atoms with van der Waals surface area (Å²) < 4.78 is 28.4. The largest absolute Gasteiger partial charge is 0.388 e. The minimum atomic E-state index is -4.29. The lowest BCUT2D eigenvalue weighted by molar-refractivity contribution is -0.0458. The summed E-state index contributed by atoms with van der Waals surface area (Å²) in [4.78, 5) is 10.1. The van der Waals surface area contributed by atoms with Crippen molar-refractivity contribution in [3.05, 3.63) is 0 Å². The molecule has 1 aliphatic rings. The van der Waals surface area contributed by atoms with E-state index in [9.17, 15) is 19.7 Å². The van der Waals surface area contributed by atoms with Gasteiger partial charge >= 0.3 is 7.60 Å². The van der Waals surface area contributed by atoms with E-state index in [1.165, 1.54) is 14.0 Å². The first-order chi connectivity index (χ1) is 10.4. The molecule has 7 nitrogen and oxygen atoms in total. The van der Waals surface area contributed by atoms with Crippen molar-refractivity contribution in [1.29, 1.82) is 0 Å². The molecule has 0 aromatic rings. The van der Waals surface area contributed by atoms with E-state index in [1.807, 2.05) is 0 Å². The summed E-state index contributed by atoms with van der Waals surface area (Å²) in [6.45, 7) is 6.29. The molecular weight excluding hydrogens is 322 g/mol. The van der Waals surface area contributed by atoms with Gasteiger partial charge in [0.2, 0.25) is 0 Å². The normalized spacial score (nSPS) is 36.2. The molecule has 1 heterocycles. The van der Waals surface area contributed by atoms with Crippen LogP contribution >= 0.6 is 7.60 Å². The first kappa shape index (κ1) is 21.1. The first-order valence-corrected chi connectivity index (χ1v) is 9.38. The Kier molecular flexibility index (Phi) is 6.90. The summed E-state index contributed by atoms with van der Waals surface area (Å²) in [5, 5.41) is 18.5. The lowest BCUT2D eigenvalue weighted by Crippen LogP contribution is -2.40. The number of aliphatic hydroxyl groups is 2. The Hall–Kier alpha value is 0.0549. The predicted molar refractivity (Wildman–Crippen MR) is 86.4 cm³/mol. The molecule has 3 unspecified atom stereocenters. The number of methoxy groups -OCH3 is 1. The van der Waals surface area contributed by atoms with Crippen molar-refractivity contribution in [1.82, 2.24) is 0 Å². The average molecular weight is 350 g/mol. The molecule has 9 heteroatoms. The molecule has 3 N–H and O–H groups in total. The first-order valence-electron chi connectivity index (χ1n) is 7.81. The van der Waals surface area contributed by atoms with Gasteiger partial charge in [0.1, 0.15) is 20.1 Å². The number of aliphatic hydroxyl groups excluding tert-OH is 1. The molecule has 0 aromatic heterocycles. The molecule has 0 bridgehead atoms. The standard InChI is InChI=1S/C14H28BO7P/c1-6-13(3,22-23(18,19)14(4,17)7-2)8-9-10(16)11(20-5)12(15)21-9/h9-12,16-17H,6-8H2,1-5H3,(H,18,19)/t9-,10-,11-,12-,13?,14?/m1/s1. The van der Waals surface area contributed by atoms with E-state index in [1.54, 1.807) is 20.8 Å². The van der Waals surface area contributed by atoms with Crippen LogP contribution in [0.5, 0.6) is 0 Å². The predicted octanol–water partition coefficient (Wildman–Crippen LogP) is 1.13. The van der Waals surface area contributed by atoms with Gasteiger partial charge in [-0.2, -0.15) is 0 Å². The van der Waals surface area contributed by atoms with Crippen molar-refractivity contribution in [2.75, 3.05) is 7.11 Å². The zero-order valence-electron chi connectivity index (χ0n) is 14.4. The van der Waals surface area contributed by atoms with E-state index in [0.717, 1.165) is 0 Å². The van der Waals surface area contributed by atoms with Gasteiger partial charge in [0, 0.05) is 19.5 Å². The second-order valence-corrected chi connectivity index (χ2v) is 8.71. The van der Waals surface area contributed by atoms with Crippen LogP contribution in [0.1, 0.15) is 47.0 Å². The molecule has 0 saturated carbocycles. The third kappa shape index (κ3) is 4.57. The Labute approximate surface area is 139 Å². The third-order valence-corrected chi connectivity index (χ3v) is 6.87. The van der Waals surface area contributed by atoms with E-state index < -0.39 is 42.9 Å². The van der Waals surface area contributed by atoms with Crippen LogP contribution in [-0.4, -0.2) is 65.3 Å². The summed E-state index contributed by atoms with van der Waals surface area (Å²) in [6.07, 6.45) is -1.72. The number of hydrogen-bond donors (Lipinski definition) is 3. The van der Waals surface area contributed by atoms with E-state index in [2.05, 4.69) is 0 Å². The van der Waals surface area contributed by atoms with Crippen LogP contribution in [0.15, 0.2) is 0 Å². The van der Waals surface area contributed by atoms with E-state index >= 15 is 0 Å². The molecule has 2 radical (unpaired) electrons. The zero-order chi connectivity index (χ0) is 18.1. The summed E-state index contributed by atoms with van der Waals surface area (Å²) in [7, 11) is 2.89. The monoisotopic (exact) mass is 350 g/mol. The number of hydrogen-bond acceptors (Lipinski definition) is 6. The zero-order valence-corrected chi connectivity index (χ0v) is 15.3. The van der Waals surface area contributed by atoms with Crippen LogP contribution in [0.2, 0.25) is 0 Å². The van der Waals surface area contributed by atoms with Crippen LogP contribution in [0.25, 0.3) is 0 Å². The van der Waals surface area contributed by atoms with Crippen molar-refractivity contribution in [2.45, 2.75) is 82.2 Å². The maximum Gasteiger partial charge on any atom is 0.359 e. The van der Waals surface area contributed by atoms with Gasteiger partial charge in [-0.1, -0.05) is 13.8 Å². The van der Waals surface area contributed by atoms with Gasteiger partial charge in [0.25, 0.3) is 0 Å². The van der Waals surface area contributed by atoms with Crippen molar-refractivity contribution in [3.63, 3.8) is 0 Å². The van der Waals surface area contributed by atoms with Crippen molar-refractivity contribution < 1.29 is 33.7 Å². The Morgan fingerprint density at radius 3 is 2.26 bits per heavy atom. The van der Waals surface area contributed by atoms with E-state index in [-0.39, 0.29) is 12.8 Å².